The average molecular weight is 487 g/mol. The highest BCUT2D eigenvalue weighted by Crippen LogP contribution is 2.55. The molecule has 6 aromatic rings. The van der Waals surface area contributed by atoms with Crippen LogP contribution in [0.5, 0.6) is 0 Å². The number of rotatable bonds is 2. The van der Waals surface area contributed by atoms with Crippen molar-refractivity contribution >= 4 is 21.9 Å². The van der Waals surface area contributed by atoms with Crippen LogP contribution < -0.4 is 0 Å². The van der Waals surface area contributed by atoms with Crippen molar-refractivity contribution in [3.63, 3.8) is 0 Å². The van der Waals surface area contributed by atoms with Crippen LogP contribution >= 0.6 is 0 Å². The summed E-state index contributed by atoms with van der Waals surface area (Å²) in [5, 5.41) is 21.1. The zero-order chi connectivity index (χ0) is 26.0. The maximum atomic E-state index is 9.49. The second kappa shape index (κ2) is 7.94. The molecule has 7 rings (SSSR count). The molecular weight excluding hydrogens is 464 g/mol. The molecule has 1 aliphatic rings. The molecule has 38 heavy (non-hydrogen) atoms. The highest BCUT2D eigenvalue weighted by Gasteiger charge is 2.40. The molecule has 1 aromatic heterocycles. The van der Waals surface area contributed by atoms with Crippen LogP contribution in [-0.4, -0.2) is 0 Å². The molecule has 0 aliphatic heterocycles. The SMILES string of the molecule is CC1(C)c2c(-c3cccc(C#N)c3)cccc2-c2ccc3c(oc4c(-c5cccc(C#N)c5)cccc43)c21. The second-order valence-corrected chi connectivity index (χ2v) is 10.4. The van der Waals surface area contributed by atoms with Crippen molar-refractivity contribution < 1.29 is 4.42 Å². The largest absolute Gasteiger partial charge is 0.455 e. The molecule has 3 heteroatoms. The van der Waals surface area contributed by atoms with Crippen LogP contribution in [0.25, 0.3) is 55.3 Å². The Bertz CT molecular complexity index is 2030. The lowest BCUT2D eigenvalue weighted by molar-refractivity contribution is 0.621. The molecule has 0 fully saturated rings. The van der Waals surface area contributed by atoms with Gasteiger partial charge < -0.3 is 4.42 Å². The van der Waals surface area contributed by atoms with Gasteiger partial charge in [-0.05, 0) is 63.7 Å². The van der Waals surface area contributed by atoms with Gasteiger partial charge in [-0.15, -0.1) is 0 Å². The lowest BCUT2D eigenvalue weighted by Gasteiger charge is -2.24. The maximum Gasteiger partial charge on any atom is 0.143 e. The molecule has 0 N–H and O–H groups in total. The summed E-state index contributed by atoms with van der Waals surface area (Å²) in [6.07, 6.45) is 0. The highest BCUT2D eigenvalue weighted by atomic mass is 16.3. The molecule has 0 saturated heterocycles. The van der Waals surface area contributed by atoms with Gasteiger partial charge in [-0.1, -0.05) is 80.6 Å². The van der Waals surface area contributed by atoms with Crippen LogP contribution in [0.1, 0.15) is 36.1 Å². The third-order valence-electron chi connectivity index (χ3n) is 7.88. The summed E-state index contributed by atoms with van der Waals surface area (Å²) in [6, 6.07) is 37.1. The van der Waals surface area contributed by atoms with Gasteiger partial charge in [0.25, 0.3) is 0 Å². The number of benzene rings is 5. The smallest absolute Gasteiger partial charge is 0.143 e. The first kappa shape index (κ1) is 22.1. The number of hydrogen-bond donors (Lipinski definition) is 0. The van der Waals surface area contributed by atoms with Gasteiger partial charge in [-0.3, -0.25) is 0 Å². The van der Waals surface area contributed by atoms with Gasteiger partial charge in [-0.25, -0.2) is 0 Å². The number of para-hydroxylation sites is 1. The zero-order valence-corrected chi connectivity index (χ0v) is 21.0. The predicted octanol–water partition coefficient (Wildman–Crippen LogP) is 8.97. The average Bonchev–Trinajstić information content (AvgIpc) is 3.45. The van der Waals surface area contributed by atoms with E-state index in [0.717, 1.165) is 44.2 Å². The van der Waals surface area contributed by atoms with Crippen molar-refractivity contribution in [1.29, 1.82) is 10.5 Å². The summed E-state index contributed by atoms with van der Waals surface area (Å²) in [5.41, 5.74) is 11.6. The van der Waals surface area contributed by atoms with E-state index in [1.165, 1.54) is 22.3 Å². The molecule has 0 atom stereocenters. The fraction of sp³-hybridized carbons (Fsp3) is 0.0857. The predicted molar refractivity (Wildman–Crippen MR) is 152 cm³/mol. The van der Waals surface area contributed by atoms with Crippen LogP contribution in [-0.2, 0) is 5.41 Å². The minimum Gasteiger partial charge on any atom is -0.455 e. The number of nitriles is 2. The van der Waals surface area contributed by atoms with E-state index in [1.807, 2.05) is 42.5 Å². The van der Waals surface area contributed by atoms with Crippen LogP contribution in [0, 0.1) is 22.7 Å². The van der Waals surface area contributed by atoms with E-state index in [0.29, 0.717) is 11.1 Å². The Kier molecular flexibility index (Phi) is 4.62. The molecule has 0 spiro atoms. The summed E-state index contributed by atoms with van der Waals surface area (Å²) < 4.78 is 6.78. The number of furan rings is 1. The molecule has 0 radical (unpaired) electrons. The summed E-state index contributed by atoms with van der Waals surface area (Å²) in [7, 11) is 0. The topological polar surface area (TPSA) is 60.7 Å². The lowest BCUT2D eigenvalue weighted by Crippen LogP contribution is -2.16. The normalized spacial score (nSPS) is 13.2. The van der Waals surface area contributed by atoms with Gasteiger partial charge in [0.05, 0.1) is 23.3 Å². The first-order chi connectivity index (χ1) is 18.5. The van der Waals surface area contributed by atoms with Crippen molar-refractivity contribution in [2.75, 3.05) is 0 Å². The Morgan fingerprint density at radius 1 is 0.553 bits per heavy atom. The van der Waals surface area contributed by atoms with E-state index in [4.69, 9.17) is 4.42 Å². The van der Waals surface area contributed by atoms with Crippen molar-refractivity contribution in [3.8, 4) is 45.5 Å². The van der Waals surface area contributed by atoms with Crippen molar-refractivity contribution in [1.82, 2.24) is 0 Å². The molecule has 178 valence electrons. The Labute approximate surface area is 220 Å². The summed E-state index contributed by atoms with van der Waals surface area (Å²) in [6.45, 7) is 4.53. The van der Waals surface area contributed by atoms with Gasteiger partial charge in [0.2, 0.25) is 0 Å². The standard InChI is InChI=1S/C35H22N2O/c1-35(2)31-25(23-9-3-7-21(17-23)19-36)11-5-13-27(31)28-15-16-30-29-14-6-12-26(33(29)38-34(30)32(28)35)24-10-4-8-22(18-24)20-37/h3-18H,1-2H3. The minimum atomic E-state index is -0.321. The maximum absolute atomic E-state index is 9.49. The minimum absolute atomic E-state index is 0.321. The molecule has 0 saturated carbocycles. The van der Waals surface area contributed by atoms with Gasteiger partial charge in [-0.2, -0.15) is 10.5 Å². The zero-order valence-electron chi connectivity index (χ0n) is 21.0. The monoisotopic (exact) mass is 486 g/mol. The van der Waals surface area contributed by atoms with Crippen LogP contribution in [0.3, 0.4) is 0 Å². The Hall–Kier alpha value is -5.12. The molecule has 0 unspecified atom stereocenters. The molecular formula is C35H22N2O. The van der Waals surface area contributed by atoms with Crippen LogP contribution in [0.4, 0.5) is 0 Å². The van der Waals surface area contributed by atoms with E-state index >= 15 is 0 Å². The quantitative estimate of drug-likeness (QED) is 0.245. The summed E-state index contributed by atoms with van der Waals surface area (Å²) >= 11 is 0. The van der Waals surface area contributed by atoms with Gasteiger partial charge in [0, 0.05) is 27.3 Å². The van der Waals surface area contributed by atoms with Gasteiger partial charge in [0.1, 0.15) is 11.2 Å². The van der Waals surface area contributed by atoms with E-state index in [2.05, 4.69) is 80.6 Å². The van der Waals surface area contributed by atoms with Crippen molar-refractivity contribution in [3.05, 3.63) is 119 Å². The number of fused-ring (bicyclic) bond motifs is 7. The van der Waals surface area contributed by atoms with Gasteiger partial charge in [0.15, 0.2) is 0 Å². The van der Waals surface area contributed by atoms with Gasteiger partial charge >= 0.3 is 0 Å². The first-order valence-electron chi connectivity index (χ1n) is 12.6. The van der Waals surface area contributed by atoms with Crippen LogP contribution in [0.2, 0.25) is 0 Å². The molecule has 3 nitrogen and oxygen atoms in total. The molecule has 1 aliphatic carbocycles. The number of hydrogen-bond acceptors (Lipinski definition) is 3. The summed E-state index contributed by atoms with van der Waals surface area (Å²) in [5.74, 6) is 0. The van der Waals surface area contributed by atoms with E-state index in [9.17, 15) is 10.5 Å². The lowest BCUT2D eigenvalue weighted by atomic mass is 9.78. The van der Waals surface area contributed by atoms with E-state index in [1.54, 1.807) is 0 Å². The second-order valence-electron chi connectivity index (χ2n) is 10.4. The van der Waals surface area contributed by atoms with Crippen LogP contribution in [0.15, 0.2) is 101 Å². The Balaban J connectivity index is 1.50. The third-order valence-corrected chi connectivity index (χ3v) is 7.88. The molecule has 0 bridgehead atoms. The number of nitrogens with zero attached hydrogens (tertiary/aromatic N) is 2. The fourth-order valence-electron chi connectivity index (χ4n) is 6.26. The first-order valence-corrected chi connectivity index (χ1v) is 12.6. The molecule has 0 amide bonds. The molecule has 5 aromatic carbocycles. The fourth-order valence-corrected chi connectivity index (χ4v) is 6.26. The van der Waals surface area contributed by atoms with E-state index in [-0.39, 0.29) is 5.41 Å². The van der Waals surface area contributed by atoms with Crippen molar-refractivity contribution in [2.45, 2.75) is 19.3 Å². The highest BCUT2D eigenvalue weighted by molar-refractivity contribution is 6.12. The van der Waals surface area contributed by atoms with Crippen molar-refractivity contribution in [2.24, 2.45) is 0 Å². The summed E-state index contributed by atoms with van der Waals surface area (Å²) in [4.78, 5) is 0. The van der Waals surface area contributed by atoms with E-state index < -0.39 is 0 Å². The third kappa shape index (κ3) is 3.00. The molecule has 1 heterocycles. The Morgan fingerprint density at radius 2 is 1.11 bits per heavy atom. The Morgan fingerprint density at radius 3 is 1.82 bits per heavy atom.